The first-order valence-electron chi connectivity index (χ1n) is 4.34. The molecule has 0 aromatic heterocycles. The lowest BCUT2D eigenvalue weighted by atomic mass is 10.3. The molecule has 1 aromatic rings. The zero-order valence-electron chi connectivity index (χ0n) is 7.20. The van der Waals surface area contributed by atoms with Crippen molar-refractivity contribution in [3.05, 3.63) is 29.3 Å². The van der Waals surface area contributed by atoms with Crippen LogP contribution in [0.3, 0.4) is 0 Å². The lowest BCUT2D eigenvalue weighted by molar-refractivity contribution is 0.141. The minimum absolute atomic E-state index is 0.209. The van der Waals surface area contributed by atoms with Gasteiger partial charge in [-0.15, -0.1) is 0 Å². The van der Waals surface area contributed by atoms with Crippen LogP contribution in [0.1, 0.15) is 6.42 Å². The quantitative estimate of drug-likeness (QED) is 0.727. The van der Waals surface area contributed by atoms with E-state index in [-0.39, 0.29) is 6.10 Å². The molecule has 3 heteroatoms. The summed E-state index contributed by atoms with van der Waals surface area (Å²) in [4.78, 5) is 0. The molecule has 1 heterocycles. The van der Waals surface area contributed by atoms with E-state index in [2.05, 4.69) is 0 Å². The Balaban J connectivity index is 1.97. The van der Waals surface area contributed by atoms with Crippen LogP contribution in [0.4, 0.5) is 0 Å². The summed E-state index contributed by atoms with van der Waals surface area (Å²) < 4.78 is 10.8. The summed E-state index contributed by atoms with van der Waals surface area (Å²) in [7, 11) is 0. The fourth-order valence-corrected chi connectivity index (χ4v) is 1.44. The number of benzene rings is 1. The zero-order chi connectivity index (χ0) is 9.10. The van der Waals surface area contributed by atoms with Gasteiger partial charge in [0.05, 0.1) is 13.2 Å². The van der Waals surface area contributed by atoms with Crippen LogP contribution < -0.4 is 4.74 Å². The van der Waals surface area contributed by atoms with Gasteiger partial charge in [-0.1, -0.05) is 11.6 Å². The zero-order valence-corrected chi connectivity index (χ0v) is 7.96. The van der Waals surface area contributed by atoms with Crippen molar-refractivity contribution in [1.82, 2.24) is 0 Å². The lowest BCUT2D eigenvalue weighted by Gasteiger charge is -2.11. The van der Waals surface area contributed by atoms with Gasteiger partial charge in [-0.3, -0.25) is 0 Å². The van der Waals surface area contributed by atoms with Gasteiger partial charge in [0.1, 0.15) is 11.9 Å². The molecule has 2 nitrogen and oxygen atoms in total. The molecular formula is C10H11ClO2. The largest absolute Gasteiger partial charge is 0.488 e. The summed E-state index contributed by atoms with van der Waals surface area (Å²) in [5.41, 5.74) is 0. The van der Waals surface area contributed by atoms with Crippen LogP contribution in [0, 0.1) is 0 Å². The van der Waals surface area contributed by atoms with E-state index in [0.29, 0.717) is 6.61 Å². The van der Waals surface area contributed by atoms with E-state index in [1.54, 1.807) is 0 Å². The van der Waals surface area contributed by atoms with Gasteiger partial charge in [0.15, 0.2) is 0 Å². The molecule has 1 aromatic carbocycles. The first-order valence-corrected chi connectivity index (χ1v) is 4.72. The maximum absolute atomic E-state index is 5.75. The SMILES string of the molecule is Clc1ccc(OC2CCOC2)cc1. The van der Waals surface area contributed by atoms with Crippen LogP contribution in [-0.2, 0) is 4.74 Å². The molecule has 0 radical (unpaired) electrons. The van der Waals surface area contributed by atoms with Crippen molar-refractivity contribution in [2.45, 2.75) is 12.5 Å². The summed E-state index contributed by atoms with van der Waals surface area (Å²) in [5, 5.41) is 0.732. The van der Waals surface area contributed by atoms with Gasteiger partial charge in [0.25, 0.3) is 0 Å². The maximum atomic E-state index is 5.75. The standard InChI is InChI=1S/C10H11ClO2/c11-8-1-3-9(4-2-8)13-10-5-6-12-7-10/h1-4,10H,5-7H2. The van der Waals surface area contributed by atoms with Crippen molar-refractivity contribution in [3.63, 3.8) is 0 Å². The monoisotopic (exact) mass is 198 g/mol. The van der Waals surface area contributed by atoms with E-state index < -0.39 is 0 Å². The number of hydrogen-bond acceptors (Lipinski definition) is 2. The predicted molar refractivity (Wildman–Crippen MR) is 51.3 cm³/mol. The second kappa shape index (κ2) is 3.99. The molecule has 13 heavy (non-hydrogen) atoms. The Bertz CT molecular complexity index is 265. The van der Waals surface area contributed by atoms with Gasteiger partial charge in [-0.05, 0) is 24.3 Å². The fraction of sp³-hybridized carbons (Fsp3) is 0.400. The lowest BCUT2D eigenvalue weighted by Crippen LogP contribution is -2.15. The third-order valence-electron chi connectivity index (χ3n) is 2.00. The molecule has 0 spiro atoms. The first-order chi connectivity index (χ1) is 6.34. The van der Waals surface area contributed by atoms with E-state index in [9.17, 15) is 0 Å². The van der Waals surface area contributed by atoms with Gasteiger partial charge in [-0.2, -0.15) is 0 Å². The second-order valence-corrected chi connectivity index (χ2v) is 3.49. The van der Waals surface area contributed by atoms with Crippen molar-refractivity contribution >= 4 is 11.6 Å². The highest BCUT2D eigenvalue weighted by Gasteiger charge is 2.16. The van der Waals surface area contributed by atoms with Crippen molar-refractivity contribution in [2.24, 2.45) is 0 Å². The number of hydrogen-bond donors (Lipinski definition) is 0. The number of rotatable bonds is 2. The van der Waals surface area contributed by atoms with Crippen molar-refractivity contribution in [1.29, 1.82) is 0 Å². The van der Waals surface area contributed by atoms with Crippen LogP contribution in [-0.4, -0.2) is 19.3 Å². The van der Waals surface area contributed by atoms with E-state index in [1.165, 1.54) is 0 Å². The third kappa shape index (κ3) is 2.36. The van der Waals surface area contributed by atoms with E-state index in [4.69, 9.17) is 21.1 Å². The molecule has 1 atom stereocenters. The van der Waals surface area contributed by atoms with Crippen molar-refractivity contribution < 1.29 is 9.47 Å². The highest BCUT2D eigenvalue weighted by Crippen LogP contribution is 2.19. The van der Waals surface area contributed by atoms with Gasteiger partial charge in [0, 0.05) is 11.4 Å². The Morgan fingerprint density at radius 3 is 2.69 bits per heavy atom. The number of halogens is 1. The smallest absolute Gasteiger partial charge is 0.124 e. The van der Waals surface area contributed by atoms with E-state index >= 15 is 0 Å². The van der Waals surface area contributed by atoms with Crippen LogP contribution in [0.25, 0.3) is 0 Å². The molecule has 0 amide bonds. The molecule has 1 unspecified atom stereocenters. The molecule has 1 aliphatic heterocycles. The van der Waals surface area contributed by atoms with Crippen molar-refractivity contribution in [2.75, 3.05) is 13.2 Å². The summed E-state index contributed by atoms with van der Waals surface area (Å²) in [6, 6.07) is 7.40. The van der Waals surface area contributed by atoms with Gasteiger partial charge in [0.2, 0.25) is 0 Å². The normalized spacial score (nSPS) is 21.8. The molecule has 0 aliphatic carbocycles. The predicted octanol–water partition coefficient (Wildman–Crippen LogP) is 2.51. The summed E-state index contributed by atoms with van der Waals surface area (Å²) in [6.07, 6.45) is 1.18. The summed E-state index contributed by atoms with van der Waals surface area (Å²) in [6.45, 7) is 1.50. The fourth-order valence-electron chi connectivity index (χ4n) is 1.31. The summed E-state index contributed by atoms with van der Waals surface area (Å²) in [5.74, 6) is 0.861. The topological polar surface area (TPSA) is 18.5 Å². The Morgan fingerprint density at radius 1 is 1.31 bits per heavy atom. The first kappa shape index (κ1) is 8.85. The van der Waals surface area contributed by atoms with Crippen LogP contribution >= 0.6 is 11.6 Å². The average Bonchev–Trinajstić information content (AvgIpc) is 2.62. The van der Waals surface area contributed by atoms with Gasteiger partial charge in [-0.25, -0.2) is 0 Å². The molecule has 0 saturated carbocycles. The number of ether oxygens (including phenoxy) is 2. The molecule has 1 saturated heterocycles. The molecule has 70 valence electrons. The Hall–Kier alpha value is -0.730. The molecule has 0 N–H and O–H groups in total. The van der Waals surface area contributed by atoms with Gasteiger partial charge < -0.3 is 9.47 Å². The Kier molecular flexibility index (Phi) is 2.71. The van der Waals surface area contributed by atoms with E-state index in [1.807, 2.05) is 24.3 Å². The summed E-state index contributed by atoms with van der Waals surface area (Å²) >= 11 is 5.75. The molecule has 0 bridgehead atoms. The highest BCUT2D eigenvalue weighted by molar-refractivity contribution is 6.30. The second-order valence-electron chi connectivity index (χ2n) is 3.06. The average molecular weight is 199 g/mol. The molecular weight excluding hydrogens is 188 g/mol. The van der Waals surface area contributed by atoms with Crippen LogP contribution in [0.2, 0.25) is 5.02 Å². The molecule has 1 aliphatic rings. The van der Waals surface area contributed by atoms with Crippen LogP contribution in [0.15, 0.2) is 24.3 Å². The minimum Gasteiger partial charge on any atom is -0.488 e. The maximum Gasteiger partial charge on any atom is 0.124 e. The Morgan fingerprint density at radius 2 is 2.08 bits per heavy atom. The van der Waals surface area contributed by atoms with E-state index in [0.717, 1.165) is 23.8 Å². The highest BCUT2D eigenvalue weighted by atomic mass is 35.5. The van der Waals surface area contributed by atoms with Crippen LogP contribution in [0.5, 0.6) is 5.75 Å². The molecule has 1 fully saturated rings. The third-order valence-corrected chi connectivity index (χ3v) is 2.26. The van der Waals surface area contributed by atoms with Gasteiger partial charge >= 0.3 is 0 Å². The minimum atomic E-state index is 0.209. The molecule has 2 rings (SSSR count). The Labute approximate surface area is 82.4 Å². The van der Waals surface area contributed by atoms with Crippen molar-refractivity contribution in [3.8, 4) is 5.75 Å².